The smallest absolute Gasteiger partial charge is 0.387 e. The highest BCUT2D eigenvalue weighted by molar-refractivity contribution is 7.47. The van der Waals surface area contributed by atoms with Gasteiger partial charge < -0.3 is 19.8 Å². The van der Waals surface area contributed by atoms with Crippen molar-refractivity contribution in [1.82, 2.24) is 5.32 Å². The average molecular weight is 1200 g/mol. The van der Waals surface area contributed by atoms with Crippen molar-refractivity contribution in [2.75, 3.05) is 40.9 Å². The number of carbonyl (C=O) groups excluding carboxylic acids is 1. The number of hydrogen-bond acceptors (Lipinski definition) is 5. The molecule has 0 aromatic heterocycles. The Morgan fingerprint density at radius 2 is 0.718 bits per heavy atom. The first kappa shape index (κ1) is 81.4. The maximum Gasteiger partial charge on any atom is 0.472 e. The first-order valence-corrected chi connectivity index (χ1v) is 36.2. The number of nitrogens with one attached hydrogen (secondary N) is 1. The molecule has 1 amide bonds. The largest absolute Gasteiger partial charge is 0.472 e. The van der Waals surface area contributed by atoms with Crippen LogP contribution in [0.25, 0.3) is 0 Å². The fourth-order valence-corrected chi connectivity index (χ4v) is 10.2. The van der Waals surface area contributed by atoms with Crippen molar-refractivity contribution in [3.05, 3.63) is 146 Å². The average Bonchev–Trinajstić information content (AvgIpc) is 3.48. The van der Waals surface area contributed by atoms with E-state index in [2.05, 4.69) is 153 Å². The van der Waals surface area contributed by atoms with Crippen molar-refractivity contribution >= 4 is 13.7 Å². The van der Waals surface area contributed by atoms with Crippen molar-refractivity contribution in [1.29, 1.82) is 0 Å². The summed E-state index contributed by atoms with van der Waals surface area (Å²) in [5.74, 6) is -0.206. The molecule has 0 saturated heterocycles. The molecule has 0 rings (SSSR count). The molecule has 9 heteroatoms. The van der Waals surface area contributed by atoms with E-state index < -0.39 is 20.0 Å². The van der Waals surface area contributed by atoms with E-state index in [0.29, 0.717) is 17.4 Å². The van der Waals surface area contributed by atoms with E-state index in [-0.39, 0.29) is 19.1 Å². The predicted octanol–water partition coefficient (Wildman–Crippen LogP) is 22.4. The monoisotopic (exact) mass is 1200 g/mol. The Bertz CT molecular complexity index is 1900. The zero-order valence-corrected chi connectivity index (χ0v) is 56.4. The number of aliphatic hydroxyl groups excluding tert-OH is 1. The van der Waals surface area contributed by atoms with E-state index >= 15 is 0 Å². The second-order valence-electron chi connectivity index (χ2n) is 24.2. The van der Waals surface area contributed by atoms with Gasteiger partial charge in [0.25, 0.3) is 0 Å². The third kappa shape index (κ3) is 67.7. The zero-order valence-electron chi connectivity index (χ0n) is 55.5. The Hall–Kier alpha value is -3.62. The highest BCUT2D eigenvalue weighted by Gasteiger charge is 2.28. The summed E-state index contributed by atoms with van der Waals surface area (Å²) < 4.78 is 23.8. The van der Waals surface area contributed by atoms with E-state index in [1.165, 1.54) is 141 Å². The molecule has 486 valence electrons. The van der Waals surface area contributed by atoms with Crippen molar-refractivity contribution in [2.24, 2.45) is 0 Å². The van der Waals surface area contributed by atoms with Gasteiger partial charge in [-0.2, -0.15) is 0 Å². The highest BCUT2D eigenvalue weighted by Crippen LogP contribution is 2.43. The SMILES string of the molecule is CC/C=C\C/C=C\C/C=C\C/C=C\C/C=C\C/C=C\C/C=C\C/C=C\C/C=C\CCCCCCCCCC(=O)NC(COP(=O)(O)OCC[N+](C)(C)C)C(O)/C=C/CC/C=C/CC/C=C/CCCCCCCCCCCCCCCCCCCC. The summed E-state index contributed by atoms with van der Waals surface area (Å²) in [6, 6.07) is -0.889. The zero-order chi connectivity index (χ0) is 61.9. The number of unbranched alkanes of at least 4 members (excludes halogenated alkanes) is 27. The van der Waals surface area contributed by atoms with Crippen molar-refractivity contribution in [3.63, 3.8) is 0 Å². The standard InChI is InChI=1S/C76H131N2O6P/c1-6-8-10-12-14-16-18-20-22-24-26-28-30-32-34-36-37-38-39-40-41-42-44-46-48-50-52-54-56-58-60-62-64-66-68-70-76(80)77-74(73-84-85(81,82)83-72-71-78(3,4)5)75(79)69-67-65-63-61-59-57-55-53-51-49-47-45-43-35-33-31-29-27-25-23-21-19-17-15-13-11-9-7-2/h8,10,14,16,20,22,26,28,32,34,37-38,40-41,44,46,50-53,59,61,67,69,74-75,79H,6-7,9,11-13,15,17-19,21,23-25,27,29-31,33,35-36,39,42-43,45,47-49,54-58,60,62-66,68,70-73H2,1-5H3,(H-,77,80,81,82)/p+1/b10-8-,16-14-,22-20-,28-26-,34-32-,38-37-,41-40-,46-44-,52-50-,53-51+,61-59+,69-67+. The van der Waals surface area contributed by atoms with Gasteiger partial charge in [-0.25, -0.2) is 4.57 Å². The first-order chi connectivity index (χ1) is 41.5. The molecule has 0 fully saturated rings. The normalized spacial score (nSPS) is 14.6. The molecular formula is C76H132N2O6P+. The van der Waals surface area contributed by atoms with Gasteiger partial charge in [0.15, 0.2) is 0 Å². The van der Waals surface area contributed by atoms with Crippen molar-refractivity contribution < 1.29 is 32.9 Å². The molecule has 0 aliphatic heterocycles. The molecule has 0 radical (unpaired) electrons. The summed E-state index contributed by atoms with van der Waals surface area (Å²) in [4.78, 5) is 23.4. The van der Waals surface area contributed by atoms with Gasteiger partial charge in [-0.05, 0) is 116 Å². The molecule has 85 heavy (non-hydrogen) atoms. The molecule has 0 aliphatic carbocycles. The lowest BCUT2D eigenvalue weighted by molar-refractivity contribution is -0.870. The summed E-state index contributed by atoms with van der Waals surface area (Å²) in [5.41, 5.74) is 0. The molecule has 3 atom stereocenters. The van der Waals surface area contributed by atoms with Crippen LogP contribution in [-0.4, -0.2) is 73.4 Å². The van der Waals surface area contributed by atoms with Gasteiger partial charge in [0.2, 0.25) is 5.91 Å². The fraction of sp³-hybridized carbons (Fsp3) is 0.671. The molecule has 3 N–H and O–H groups in total. The third-order valence-electron chi connectivity index (χ3n) is 14.8. The van der Waals surface area contributed by atoms with Crippen LogP contribution in [0.3, 0.4) is 0 Å². The van der Waals surface area contributed by atoms with Crippen LogP contribution in [0.15, 0.2) is 146 Å². The molecule has 0 aliphatic rings. The van der Waals surface area contributed by atoms with Gasteiger partial charge in [0.1, 0.15) is 13.2 Å². The van der Waals surface area contributed by atoms with E-state index in [1.807, 2.05) is 27.2 Å². The lowest BCUT2D eigenvalue weighted by Gasteiger charge is -2.25. The number of quaternary nitrogens is 1. The molecule has 8 nitrogen and oxygen atoms in total. The number of rotatable bonds is 62. The van der Waals surface area contributed by atoms with Crippen LogP contribution < -0.4 is 5.32 Å². The van der Waals surface area contributed by atoms with Gasteiger partial charge in [-0.1, -0.05) is 301 Å². The maximum atomic E-state index is 13.0. The summed E-state index contributed by atoms with van der Waals surface area (Å²) >= 11 is 0. The second-order valence-corrected chi connectivity index (χ2v) is 25.6. The van der Waals surface area contributed by atoms with Crippen LogP contribution in [0.4, 0.5) is 0 Å². The van der Waals surface area contributed by atoms with Crippen LogP contribution in [-0.2, 0) is 18.4 Å². The van der Waals surface area contributed by atoms with Crippen LogP contribution in [0.1, 0.15) is 277 Å². The number of amides is 1. The number of phosphoric acid groups is 1. The Kier molecular flexibility index (Phi) is 62.1. The molecule has 0 aromatic rings. The summed E-state index contributed by atoms with van der Waals surface area (Å²) in [5, 5.41) is 14.0. The number of carbonyl (C=O) groups is 1. The van der Waals surface area contributed by atoms with Gasteiger partial charge in [-0.15, -0.1) is 0 Å². The van der Waals surface area contributed by atoms with Crippen molar-refractivity contribution in [3.8, 4) is 0 Å². The molecule has 0 bridgehead atoms. The predicted molar refractivity (Wildman–Crippen MR) is 373 cm³/mol. The number of likely N-dealkylation sites (N-methyl/N-ethyl adjacent to an activating group) is 1. The van der Waals surface area contributed by atoms with Crippen LogP contribution in [0, 0.1) is 0 Å². The lowest BCUT2D eigenvalue weighted by Crippen LogP contribution is -2.45. The number of aliphatic hydroxyl groups is 1. The van der Waals surface area contributed by atoms with Crippen LogP contribution in [0.5, 0.6) is 0 Å². The van der Waals surface area contributed by atoms with Gasteiger partial charge >= 0.3 is 7.82 Å². The minimum absolute atomic E-state index is 0.0435. The van der Waals surface area contributed by atoms with E-state index in [4.69, 9.17) is 9.05 Å². The van der Waals surface area contributed by atoms with E-state index in [9.17, 15) is 19.4 Å². The van der Waals surface area contributed by atoms with Gasteiger partial charge in [0, 0.05) is 6.42 Å². The molecule has 0 heterocycles. The Labute approximate surface area is 525 Å². The third-order valence-corrected chi connectivity index (χ3v) is 15.8. The molecule has 3 unspecified atom stereocenters. The van der Waals surface area contributed by atoms with Gasteiger partial charge in [-0.3, -0.25) is 13.8 Å². The Morgan fingerprint density at radius 1 is 0.412 bits per heavy atom. The topological polar surface area (TPSA) is 105 Å². The van der Waals surface area contributed by atoms with Crippen LogP contribution in [0.2, 0.25) is 0 Å². The summed E-state index contributed by atoms with van der Waals surface area (Å²) in [6.45, 7) is 4.67. The van der Waals surface area contributed by atoms with Gasteiger partial charge in [0.05, 0.1) is 39.9 Å². The molecule has 0 saturated carbocycles. The molecule has 0 spiro atoms. The molecule has 0 aromatic carbocycles. The van der Waals surface area contributed by atoms with E-state index in [1.54, 1.807) is 6.08 Å². The second kappa shape index (κ2) is 64.8. The first-order valence-electron chi connectivity index (χ1n) is 34.7. The summed E-state index contributed by atoms with van der Waals surface area (Å²) in [7, 11) is 1.52. The molecular weight excluding hydrogens is 1070 g/mol. The summed E-state index contributed by atoms with van der Waals surface area (Å²) in [6.07, 6.45) is 99.9. The number of hydrogen-bond donors (Lipinski definition) is 3. The fourth-order valence-electron chi connectivity index (χ4n) is 9.42. The van der Waals surface area contributed by atoms with Crippen LogP contribution >= 0.6 is 7.82 Å². The lowest BCUT2D eigenvalue weighted by atomic mass is 10.0. The maximum absolute atomic E-state index is 13.0. The van der Waals surface area contributed by atoms with E-state index in [0.717, 1.165) is 116 Å². The number of allylic oxidation sites excluding steroid dienone is 23. The highest BCUT2D eigenvalue weighted by atomic mass is 31.2. The number of nitrogens with zero attached hydrogens (tertiary/aromatic N) is 1. The Morgan fingerprint density at radius 3 is 1.08 bits per heavy atom. The Balaban J connectivity index is 4.24. The van der Waals surface area contributed by atoms with Crippen molar-refractivity contribution in [2.45, 2.75) is 289 Å². The minimum atomic E-state index is -4.38. The quantitative estimate of drug-likeness (QED) is 0.0243. The minimum Gasteiger partial charge on any atom is -0.387 e. The number of phosphoric ester groups is 1.